The van der Waals surface area contributed by atoms with E-state index in [0.717, 1.165) is 5.56 Å². The van der Waals surface area contributed by atoms with Crippen LogP contribution in [-0.4, -0.2) is 32.4 Å². The van der Waals surface area contributed by atoms with Crippen LogP contribution in [0, 0.1) is 5.82 Å². The summed E-state index contributed by atoms with van der Waals surface area (Å²) >= 11 is 0. The fourth-order valence-corrected chi connectivity index (χ4v) is 4.81. The summed E-state index contributed by atoms with van der Waals surface area (Å²) in [5.41, 5.74) is 1.17. The zero-order valence-corrected chi connectivity index (χ0v) is 14.9. The molecule has 0 unspecified atom stereocenters. The first kappa shape index (κ1) is 18.0. The molecule has 1 fully saturated rings. The number of benzene rings is 2. The number of hydroxylamine groups is 2. The van der Waals surface area contributed by atoms with E-state index in [1.807, 2.05) is 30.3 Å². The summed E-state index contributed by atoms with van der Waals surface area (Å²) in [6, 6.07) is 14.4. The molecule has 2 aromatic rings. The summed E-state index contributed by atoms with van der Waals surface area (Å²) in [5.74, 6) is -0.443. The van der Waals surface area contributed by atoms with Gasteiger partial charge in [-0.05, 0) is 18.6 Å². The third kappa shape index (κ3) is 3.74. The zero-order chi connectivity index (χ0) is 18.0. The first-order valence-electron chi connectivity index (χ1n) is 8.06. The van der Waals surface area contributed by atoms with Crippen LogP contribution in [0.5, 0.6) is 0 Å². The highest BCUT2D eigenvalue weighted by atomic mass is 32.2. The molecule has 0 spiro atoms. The smallest absolute Gasteiger partial charge is 0.219 e. The van der Waals surface area contributed by atoms with E-state index in [-0.39, 0.29) is 6.61 Å². The number of nitrogens with zero attached hydrogens (tertiary/aromatic N) is 1. The molecule has 1 heterocycles. The van der Waals surface area contributed by atoms with Crippen molar-refractivity contribution < 1.29 is 17.6 Å². The summed E-state index contributed by atoms with van der Waals surface area (Å²) < 4.78 is 42.7. The Morgan fingerprint density at radius 1 is 1.16 bits per heavy atom. The lowest BCUT2D eigenvalue weighted by molar-refractivity contribution is -0.111. The van der Waals surface area contributed by atoms with Gasteiger partial charge in [0.15, 0.2) is 0 Å². The topological polar surface area (TPSA) is 58.6 Å². The molecule has 1 aliphatic heterocycles. The van der Waals surface area contributed by atoms with Crippen molar-refractivity contribution in [2.45, 2.75) is 24.3 Å². The van der Waals surface area contributed by atoms with Gasteiger partial charge in [0.1, 0.15) is 11.1 Å². The summed E-state index contributed by atoms with van der Waals surface area (Å²) in [6.07, 6.45) is 0. The molecule has 0 aliphatic carbocycles. The molecule has 0 amide bonds. The van der Waals surface area contributed by atoms with E-state index in [0.29, 0.717) is 5.56 Å². The van der Waals surface area contributed by atoms with Crippen molar-refractivity contribution in [3.63, 3.8) is 0 Å². The first-order chi connectivity index (χ1) is 11.9. The van der Waals surface area contributed by atoms with Crippen LogP contribution in [0.25, 0.3) is 0 Å². The monoisotopic (exact) mass is 364 g/mol. The summed E-state index contributed by atoms with van der Waals surface area (Å²) in [6.45, 7) is 1.76. The van der Waals surface area contributed by atoms with Crippen molar-refractivity contribution in [3.8, 4) is 0 Å². The van der Waals surface area contributed by atoms with Gasteiger partial charge in [-0.15, -0.1) is 0 Å². The molecule has 0 radical (unpaired) electrons. The van der Waals surface area contributed by atoms with Gasteiger partial charge in [0.05, 0.1) is 12.6 Å². The van der Waals surface area contributed by atoms with E-state index in [2.05, 4.69) is 4.72 Å². The molecule has 1 saturated heterocycles. The second-order valence-electron chi connectivity index (χ2n) is 6.14. The van der Waals surface area contributed by atoms with Crippen molar-refractivity contribution in [1.82, 2.24) is 9.79 Å². The summed E-state index contributed by atoms with van der Waals surface area (Å²) in [7, 11) is -2.12. The number of nitrogens with one attached hydrogen (secondary N) is 1. The molecule has 1 N–H and O–H groups in total. The lowest BCUT2D eigenvalue weighted by Crippen LogP contribution is -2.40. The molecule has 0 aromatic heterocycles. The van der Waals surface area contributed by atoms with Gasteiger partial charge in [0.2, 0.25) is 10.0 Å². The van der Waals surface area contributed by atoms with Crippen LogP contribution in [0.2, 0.25) is 0 Å². The van der Waals surface area contributed by atoms with Crippen LogP contribution in [0.3, 0.4) is 0 Å². The second-order valence-corrected chi connectivity index (χ2v) is 8.07. The third-order valence-electron chi connectivity index (χ3n) is 4.45. The van der Waals surface area contributed by atoms with Gasteiger partial charge >= 0.3 is 0 Å². The van der Waals surface area contributed by atoms with Crippen LogP contribution in [0.1, 0.15) is 30.1 Å². The van der Waals surface area contributed by atoms with E-state index in [1.165, 1.54) is 11.1 Å². The maximum Gasteiger partial charge on any atom is 0.219 e. The Morgan fingerprint density at radius 2 is 1.80 bits per heavy atom. The van der Waals surface area contributed by atoms with Gasteiger partial charge in [-0.1, -0.05) is 48.5 Å². The van der Waals surface area contributed by atoms with E-state index >= 15 is 0 Å². The second kappa shape index (κ2) is 7.21. The normalized spacial score (nSPS) is 22.8. The van der Waals surface area contributed by atoms with Gasteiger partial charge in [-0.25, -0.2) is 17.5 Å². The molecule has 2 aromatic carbocycles. The summed E-state index contributed by atoms with van der Waals surface area (Å²) in [4.78, 5) is 5.41. The van der Waals surface area contributed by atoms with Crippen molar-refractivity contribution in [1.29, 1.82) is 0 Å². The minimum atomic E-state index is -3.74. The lowest BCUT2D eigenvalue weighted by Gasteiger charge is -2.25. The third-order valence-corrected chi connectivity index (χ3v) is 6.32. The Kier molecular flexibility index (Phi) is 5.19. The molecule has 3 atom stereocenters. The standard InChI is InChI=1S/C18H21FN2O3S/c1-13(14-8-4-3-5-9-14)20-25(22,23)17-12-24-21(2)18(17)15-10-6-7-11-16(15)19/h3-11,13,17-18,20H,12H2,1-2H3/t13-,17+,18+/m0/s1. The maximum atomic E-state index is 14.2. The highest BCUT2D eigenvalue weighted by Crippen LogP contribution is 2.35. The highest BCUT2D eigenvalue weighted by Gasteiger charge is 2.44. The molecule has 134 valence electrons. The largest absolute Gasteiger partial charge is 0.297 e. The fraction of sp³-hybridized carbons (Fsp3) is 0.333. The predicted octanol–water partition coefficient (Wildman–Crippen LogP) is 2.79. The SMILES string of the molecule is C[C@H](NS(=O)(=O)[C@@H]1CON(C)[C@@H]1c1ccccc1F)c1ccccc1. The Labute approximate surface area is 147 Å². The van der Waals surface area contributed by atoms with Gasteiger partial charge in [0.25, 0.3) is 0 Å². The van der Waals surface area contributed by atoms with E-state index in [4.69, 9.17) is 4.84 Å². The van der Waals surface area contributed by atoms with Crippen LogP contribution >= 0.6 is 0 Å². The van der Waals surface area contributed by atoms with Gasteiger partial charge in [-0.2, -0.15) is 5.06 Å². The molecular formula is C18H21FN2O3S. The Hall–Kier alpha value is -1.80. The van der Waals surface area contributed by atoms with Gasteiger partial charge < -0.3 is 0 Å². The fourth-order valence-electron chi connectivity index (χ4n) is 3.11. The van der Waals surface area contributed by atoms with Gasteiger partial charge in [0, 0.05) is 18.7 Å². The minimum absolute atomic E-state index is 0.0215. The Morgan fingerprint density at radius 3 is 2.48 bits per heavy atom. The predicted molar refractivity (Wildman–Crippen MR) is 93.6 cm³/mol. The minimum Gasteiger partial charge on any atom is -0.297 e. The quantitative estimate of drug-likeness (QED) is 0.886. The number of rotatable bonds is 5. The van der Waals surface area contributed by atoms with E-state index in [9.17, 15) is 12.8 Å². The highest BCUT2D eigenvalue weighted by molar-refractivity contribution is 7.90. The molecule has 0 saturated carbocycles. The first-order valence-corrected chi connectivity index (χ1v) is 9.61. The van der Waals surface area contributed by atoms with Crippen molar-refractivity contribution in [2.24, 2.45) is 0 Å². The summed E-state index contributed by atoms with van der Waals surface area (Å²) in [5, 5.41) is 0.510. The van der Waals surface area contributed by atoms with Crippen LogP contribution in [-0.2, 0) is 14.9 Å². The van der Waals surface area contributed by atoms with Gasteiger partial charge in [-0.3, -0.25) is 4.84 Å². The number of halogens is 1. The molecule has 5 nitrogen and oxygen atoms in total. The van der Waals surface area contributed by atoms with Crippen LogP contribution in [0.15, 0.2) is 54.6 Å². The lowest BCUT2D eigenvalue weighted by atomic mass is 10.0. The average Bonchev–Trinajstić information content (AvgIpc) is 2.98. The number of hydrogen-bond acceptors (Lipinski definition) is 4. The van der Waals surface area contributed by atoms with Crippen molar-refractivity contribution >= 4 is 10.0 Å². The zero-order valence-electron chi connectivity index (χ0n) is 14.1. The van der Waals surface area contributed by atoms with Crippen molar-refractivity contribution in [3.05, 3.63) is 71.5 Å². The Bertz CT molecular complexity index is 829. The molecule has 3 rings (SSSR count). The Balaban J connectivity index is 1.87. The number of sulfonamides is 1. The molecule has 0 bridgehead atoms. The van der Waals surface area contributed by atoms with Crippen molar-refractivity contribution in [2.75, 3.05) is 13.7 Å². The molecular weight excluding hydrogens is 343 g/mol. The average molecular weight is 364 g/mol. The molecule has 25 heavy (non-hydrogen) atoms. The molecule has 7 heteroatoms. The van der Waals surface area contributed by atoms with E-state index < -0.39 is 33.2 Å². The van der Waals surface area contributed by atoms with Crippen LogP contribution in [0.4, 0.5) is 4.39 Å². The molecule has 1 aliphatic rings. The maximum absolute atomic E-state index is 14.2. The van der Waals surface area contributed by atoms with Crippen LogP contribution < -0.4 is 4.72 Å². The van der Waals surface area contributed by atoms with E-state index in [1.54, 1.807) is 32.2 Å². The number of hydrogen-bond donors (Lipinski definition) is 1.